The Morgan fingerprint density at radius 2 is 1.60 bits per heavy atom. The normalized spacial score (nSPS) is 13.9. The number of carbonyl (C=O) groups is 1. The first-order valence-corrected chi connectivity index (χ1v) is 21.4. The summed E-state index contributed by atoms with van der Waals surface area (Å²) in [6.07, 6.45) is 1.75. The average molecular weight is 835 g/mol. The maximum absolute atomic E-state index is 13.5. The van der Waals surface area contributed by atoms with Crippen LogP contribution in [0.25, 0.3) is 11.0 Å². The van der Waals surface area contributed by atoms with Crippen LogP contribution < -0.4 is 18.4 Å². The highest BCUT2D eigenvalue weighted by molar-refractivity contribution is 7.84. The molecular weight excluding hydrogens is 785 g/mol. The number of hydrogen-bond acceptors (Lipinski definition) is 11. The lowest BCUT2D eigenvalue weighted by molar-refractivity contribution is -0.143. The number of hydrogen-bond donors (Lipinski definition) is 0. The lowest BCUT2D eigenvalue weighted by atomic mass is 9.84. The predicted octanol–water partition coefficient (Wildman–Crippen LogP) is 8.06. The second-order valence-corrected chi connectivity index (χ2v) is 16.1. The van der Waals surface area contributed by atoms with E-state index in [-0.39, 0.29) is 37.8 Å². The van der Waals surface area contributed by atoms with Crippen molar-refractivity contribution in [3.63, 3.8) is 0 Å². The topological polar surface area (TPSA) is 141 Å². The zero-order valence-corrected chi connectivity index (χ0v) is 35.2. The van der Waals surface area contributed by atoms with Crippen molar-refractivity contribution in [1.29, 1.82) is 0 Å². The number of rotatable bonds is 19. The summed E-state index contributed by atoms with van der Waals surface area (Å²) in [6.45, 7) is 6.25. The van der Waals surface area contributed by atoms with Crippen LogP contribution in [0.2, 0.25) is 0 Å². The van der Waals surface area contributed by atoms with E-state index in [1.54, 1.807) is 45.4 Å². The van der Waals surface area contributed by atoms with Gasteiger partial charge in [-0.3, -0.25) is 4.79 Å². The van der Waals surface area contributed by atoms with Gasteiger partial charge in [-0.2, -0.15) is 12.7 Å². The molecule has 0 N–H and O–H groups in total. The van der Waals surface area contributed by atoms with Crippen LogP contribution in [-0.4, -0.2) is 61.1 Å². The quantitative estimate of drug-likeness (QED) is 0.0578. The zero-order chi connectivity index (χ0) is 42.1. The third-order valence-electron chi connectivity index (χ3n) is 10.5. The minimum Gasteiger partial charge on any atom is -0.497 e. The second kappa shape index (κ2) is 19.4. The maximum Gasteiger partial charge on any atom is 0.385 e. The molecule has 2 heterocycles. The fourth-order valence-electron chi connectivity index (χ4n) is 7.36. The van der Waals surface area contributed by atoms with E-state index in [1.807, 2.05) is 90.5 Å². The molecular formula is C46H50N4O9S. The molecule has 6 aromatic rings. The summed E-state index contributed by atoms with van der Waals surface area (Å²) in [5.74, 6) is 1.37. The van der Waals surface area contributed by atoms with Crippen molar-refractivity contribution in [2.75, 3.05) is 27.4 Å². The first-order chi connectivity index (χ1) is 29.1. The van der Waals surface area contributed by atoms with Crippen LogP contribution in [0.3, 0.4) is 0 Å². The number of methoxy groups -OCH3 is 2. The Hall–Kier alpha value is -5.96. The summed E-state index contributed by atoms with van der Waals surface area (Å²) >= 11 is 0. The fraction of sp³-hybridized carbons (Fsp3) is 0.326. The largest absolute Gasteiger partial charge is 0.497 e. The maximum atomic E-state index is 13.5. The molecule has 0 aliphatic carbocycles. The Morgan fingerprint density at radius 3 is 2.37 bits per heavy atom. The number of fused-ring (bicyclic) bond motifs is 2. The van der Waals surface area contributed by atoms with Gasteiger partial charge in [-0.25, -0.2) is 4.68 Å². The van der Waals surface area contributed by atoms with Gasteiger partial charge in [-0.15, -0.1) is 5.10 Å². The first kappa shape index (κ1) is 42.2. The SMILES string of the molecule is CCOC(=O)CC(c1cc(CN2Cc3cc(OCc4ccccc4)ccc3OS2(=O)=O)cc(OC)c1)c1ccc2c(nnn2CCCCOCc2ccc(OC)cc2)c1C. The molecule has 0 saturated heterocycles. The summed E-state index contributed by atoms with van der Waals surface area (Å²) in [5.41, 5.74) is 7.58. The van der Waals surface area contributed by atoms with Crippen LogP contribution in [0.1, 0.15) is 71.0 Å². The van der Waals surface area contributed by atoms with E-state index in [4.69, 9.17) is 27.9 Å². The van der Waals surface area contributed by atoms with Gasteiger partial charge < -0.3 is 27.9 Å². The van der Waals surface area contributed by atoms with Crippen molar-refractivity contribution in [2.45, 2.75) is 71.9 Å². The lowest BCUT2D eigenvalue weighted by Crippen LogP contribution is -2.37. The molecule has 314 valence electrons. The van der Waals surface area contributed by atoms with E-state index in [1.165, 1.54) is 4.31 Å². The van der Waals surface area contributed by atoms with Gasteiger partial charge in [0.25, 0.3) is 0 Å². The minimum absolute atomic E-state index is 0.00787. The molecule has 0 spiro atoms. The van der Waals surface area contributed by atoms with E-state index in [2.05, 4.69) is 10.3 Å². The molecule has 1 unspecified atom stereocenters. The molecule has 60 heavy (non-hydrogen) atoms. The van der Waals surface area contributed by atoms with Crippen LogP contribution in [0.15, 0.2) is 103 Å². The highest BCUT2D eigenvalue weighted by Gasteiger charge is 2.33. The van der Waals surface area contributed by atoms with E-state index in [0.29, 0.717) is 49.0 Å². The molecule has 13 nitrogen and oxygen atoms in total. The van der Waals surface area contributed by atoms with E-state index in [9.17, 15) is 13.2 Å². The third kappa shape index (κ3) is 10.2. The summed E-state index contributed by atoms with van der Waals surface area (Å²) in [4.78, 5) is 13.2. The highest BCUT2D eigenvalue weighted by Crippen LogP contribution is 2.38. The number of ether oxygens (including phenoxy) is 5. The molecule has 1 aliphatic rings. The van der Waals surface area contributed by atoms with Gasteiger partial charge in [-0.05, 0) is 109 Å². The fourth-order valence-corrected chi connectivity index (χ4v) is 8.46. The standard InChI is InChI=1S/C46H50N4O9S/c1-5-57-45(51)27-42(41-18-19-43-46(32(41)2)47-48-50(43)21-9-10-22-56-30-34-13-15-38(54-3)16-14-34)36-23-35(24-40(25-36)55-4)28-49-29-37-26-39(17-20-44(37)59-60(49,52)53)58-31-33-11-7-6-8-12-33/h6-8,11-20,23-26,42H,5,9-10,21-22,27-31H2,1-4H3. The molecule has 0 fully saturated rings. The second-order valence-electron chi connectivity index (χ2n) is 14.6. The van der Waals surface area contributed by atoms with Gasteiger partial charge in [0.1, 0.15) is 35.1 Å². The van der Waals surface area contributed by atoms with Crippen LogP contribution in [-0.2, 0) is 57.4 Å². The number of carbonyl (C=O) groups excluding carboxylic acids is 1. The van der Waals surface area contributed by atoms with Crippen molar-refractivity contribution in [2.24, 2.45) is 0 Å². The van der Waals surface area contributed by atoms with Crippen LogP contribution in [0.5, 0.6) is 23.0 Å². The van der Waals surface area contributed by atoms with Gasteiger partial charge in [0.05, 0.1) is 39.4 Å². The smallest absolute Gasteiger partial charge is 0.385 e. The number of aryl methyl sites for hydroxylation is 2. The summed E-state index contributed by atoms with van der Waals surface area (Å²) in [5, 5.41) is 9.06. The van der Waals surface area contributed by atoms with Gasteiger partial charge in [0, 0.05) is 37.7 Å². The molecule has 0 radical (unpaired) electrons. The third-order valence-corrected chi connectivity index (χ3v) is 11.8. The molecule has 1 aromatic heterocycles. The molecule has 5 aromatic carbocycles. The Bertz CT molecular complexity index is 2510. The molecule has 0 bridgehead atoms. The van der Waals surface area contributed by atoms with Crippen molar-refractivity contribution in [3.8, 4) is 23.0 Å². The zero-order valence-electron chi connectivity index (χ0n) is 34.3. The van der Waals surface area contributed by atoms with Crippen LogP contribution >= 0.6 is 0 Å². The first-order valence-electron chi connectivity index (χ1n) is 20.0. The van der Waals surface area contributed by atoms with Crippen LogP contribution in [0, 0.1) is 6.92 Å². The van der Waals surface area contributed by atoms with Crippen molar-refractivity contribution < 1.29 is 41.1 Å². The average Bonchev–Trinajstić information content (AvgIpc) is 3.68. The molecule has 1 aliphatic heterocycles. The minimum atomic E-state index is -4.14. The lowest BCUT2D eigenvalue weighted by Gasteiger charge is -2.28. The summed E-state index contributed by atoms with van der Waals surface area (Å²) in [6, 6.07) is 32.4. The molecule has 1 atom stereocenters. The summed E-state index contributed by atoms with van der Waals surface area (Å²) < 4.78 is 64.0. The Kier molecular flexibility index (Phi) is 13.6. The monoisotopic (exact) mass is 834 g/mol. The Morgan fingerprint density at radius 1 is 0.833 bits per heavy atom. The van der Waals surface area contributed by atoms with Gasteiger partial charge in [-0.1, -0.05) is 59.8 Å². The number of benzene rings is 5. The van der Waals surface area contributed by atoms with E-state index >= 15 is 0 Å². The summed E-state index contributed by atoms with van der Waals surface area (Å²) in [7, 11) is -0.935. The Balaban J connectivity index is 1.08. The predicted molar refractivity (Wildman–Crippen MR) is 226 cm³/mol. The van der Waals surface area contributed by atoms with Gasteiger partial charge in [0.15, 0.2) is 0 Å². The highest BCUT2D eigenvalue weighted by atomic mass is 32.2. The molecule has 7 rings (SSSR count). The molecule has 0 amide bonds. The van der Waals surface area contributed by atoms with Crippen molar-refractivity contribution in [1.82, 2.24) is 19.3 Å². The van der Waals surface area contributed by atoms with Gasteiger partial charge >= 0.3 is 16.3 Å². The van der Waals surface area contributed by atoms with Gasteiger partial charge in [0.2, 0.25) is 0 Å². The van der Waals surface area contributed by atoms with Crippen molar-refractivity contribution >= 4 is 27.3 Å². The van der Waals surface area contributed by atoms with E-state index < -0.39 is 16.2 Å². The van der Waals surface area contributed by atoms with Crippen molar-refractivity contribution in [3.05, 3.63) is 142 Å². The Labute approximate surface area is 351 Å². The molecule has 0 saturated carbocycles. The number of esters is 1. The number of unbranched alkanes of at least 4 members (excludes halogenated alkanes) is 1. The van der Waals surface area contributed by atoms with Crippen LogP contribution in [0.4, 0.5) is 0 Å². The molecule has 14 heteroatoms. The van der Waals surface area contributed by atoms with E-state index in [0.717, 1.165) is 57.4 Å². The number of aromatic nitrogens is 3. The number of nitrogens with zero attached hydrogens (tertiary/aromatic N) is 4.